The van der Waals surface area contributed by atoms with Gasteiger partial charge in [-0.1, -0.05) is 30.8 Å². The number of aliphatic imine (C=N–C) groups is 1. The zero-order chi connectivity index (χ0) is 18.4. The van der Waals surface area contributed by atoms with E-state index in [1.807, 2.05) is 30.3 Å². The van der Waals surface area contributed by atoms with E-state index in [0.717, 1.165) is 38.1 Å². The first-order valence-electron chi connectivity index (χ1n) is 7.99. The molecule has 0 saturated carbocycles. The summed E-state index contributed by atoms with van der Waals surface area (Å²) in [5.74, 6) is 0.407. The van der Waals surface area contributed by atoms with E-state index in [2.05, 4.69) is 11.6 Å². The van der Waals surface area contributed by atoms with Crippen molar-refractivity contribution in [3.05, 3.63) is 82.4 Å². The van der Waals surface area contributed by atoms with Gasteiger partial charge in [0.25, 0.3) is 5.69 Å². The van der Waals surface area contributed by atoms with Crippen LogP contribution in [0.25, 0.3) is 27.6 Å². The molecular weight excluding hydrogens is 381 g/mol. The van der Waals surface area contributed by atoms with Crippen molar-refractivity contribution in [1.29, 1.82) is 0 Å². The Morgan fingerprint density at radius 1 is 1.11 bits per heavy atom. The van der Waals surface area contributed by atoms with Crippen molar-refractivity contribution in [1.82, 2.24) is 5.06 Å². The normalized spacial score (nSPS) is 14.4. The van der Waals surface area contributed by atoms with E-state index in [4.69, 9.17) is 0 Å². The molecule has 1 heterocycles. The van der Waals surface area contributed by atoms with Gasteiger partial charge in [-0.05, 0) is 34.5 Å². The second-order valence-electron chi connectivity index (χ2n) is 6.00. The van der Waals surface area contributed by atoms with Gasteiger partial charge < -0.3 is 0 Å². The fourth-order valence-corrected chi connectivity index (χ4v) is 3.41. The molecule has 0 saturated heterocycles. The molecular formula is C20H15N3O3V. The number of non-ortho nitro benzene ring substituents is 1. The maximum absolute atomic E-state index is 11.0. The van der Waals surface area contributed by atoms with E-state index in [9.17, 15) is 15.3 Å². The molecule has 3 aromatic carbocycles. The predicted molar refractivity (Wildman–Crippen MR) is 101 cm³/mol. The zero-order valence-corrected chi connectivity index (χ0v) is 15.9. The summed E-state index contributed by atoms with van der Waals surface area (Å²) in [5, 5.41) is 24.3. The number of nitro groups is 1. The number of fused-ring (bicyclic) bond motifs is 2. The number of rotatable bonds is 2. The van der Waals surface area contributed by atoms with Crippen molar-refractivity contribution in [2.24, 2.45) is 4.99 Å². The molecule has 27 heavy (non-hydrogen) atoms. The van der Waals surface area contributed by atoms with Crippen LogP contribution in [0.5, 0.6) is 0 Å². The summed E-state index contributed by atoms with van der Waals surface area (Å²) in [7, 11) is 1.61. The van der Waals surface area contributed by atoms with Crippen LogP contribution >= 0.6 is 0 Å². The quantitative estimate of drug-likeness (QED) is 0.512. The fraction of sp³-hybridized carbons (Fsp3) is 0.0500. The molecule has 1 aliphatic heterocycles. The molecule has 1 aliphatic rings. The largest absolute Gasteiger partial charge is 0.282 e. The molecule has 0 unspecified atom stereocenters. The van der Waals surface area contributed by atoms with Crippen molar-refractivity contribution < 1.29 is 28.7 Å². The van der Waals surface area contributed by atoms with Crippen molar-refractivity contribution in [3.8, 4) is 11.1 Å². The van der Waals surface area contributed by atoms with Gasteiger partial charge in [0.1, 0.15) is 0 Å². The minimum Gasteiger partial charge on any atom is -0.282 e. The van der Waals surface area contributed by atoms with Gasteiger partial charge in [-0.2, -0.15) is 0 Å². The van der Waals surface area contributed by atoms with Gasteiger partial charge in [-0.15, -0.1) is 0 Å². The summed E-state index contributed by atoms with van der Waals surface area (Å²) in [5.41, 5.74) is 3.73. The Morgan fingerprint density at radius 3 is 2.41 bits per heavy atom. The molecule has 0 aromatic heterocycles. The monoisotopic (exact) mass is 396 g/mol. The van der Waals surface area contributed by atoms with E-state index in [1.54, 1.807) is 19.2 Å². The fourth-order valence-electron chi connectivity index (χ4n) is 3.41. The van der Waals surface area contributed by atoms with Crippen LogP contribution in [0.15, 0.2) is 66.2 Å². The molecule has 1 radical (unpaired) electrons. The number of amidine groups is 1. The van der Waals surface area contributed by atoms with Crippen LogP contribution in [0.2, 0.25) is 0 Å². The van der Waals surface area contributed by atoms with Crippen LogP contribution in [0.1, 0.15) is 11.1 Å². The van der Waals surface area contributed by atoms with Gasteiger partial charge in [0, 0.05) is 54.4 Å². The zero-order valence-electron chi connectivity index (χ0n) is 14.5. The second-order valence-corrected chi connectivity index (χ2v) is 6.00. The first-order chi connectivity index (χ1) is 12.5. The van der Waals surface area contributed by atoms with Gasteiger partial charge in [-0.3, -0.25) is 20.3 Å². The van der Waals surface area contributed by atoms with Crippen molar-refractivity contribution in [3.63, 3.8) is 0 Å². The Labute approximate surface area is 167 Å². The van der Waals surface area contributed by atoms with E-state index in [0.29, 0.717) is 11.5 Å². The van der Waals surface area contributed by atoms with Crippen LogP contribution in [-0.2, 0) is 18.6 Å². The molecule has 0 atom stereocenters. The molecule has 6 nitrogen and oxygen atoms in total. The third kappa shape index (κ3) is 2.84. The van der Waals surface area contributed by atoms with Gasteiger partial charge in [0.2, 0.25) is 0 Å². The van der Waals surface area contributed by atoms with Crippen LogP contribution in [0.4, 0.5) is 5.69 Å². The van der Waals surface area contributed by atoms with E-state index < -0.39 is 4.92 Å². The van der Waals surface area contributed by atoms with Gasteiger partial charge in [0.05, 0.1) is 10.6 Å². The van der Waals surface area contributed by atoms with E-state index in [1.165, 1.54) is 12.1 Å². The summed E-state index contributed by atoms with van der Waals surface area (Å²) >= 11 is 0. The first-order valence-corrected chi connectivity index (χ1v) is 7.99. The molecule has 0 fully saturated rings. The summed E-state index contributed by atoms with van der Waals surface area (Å²) < 4.78 is 0. The third-order valence-electron chi connectivity index (χ3n) is 4.62. The number of hydrogen-bond acceptors (Lipinski definition) is 4. The minimum atomic E-state index is -0.423. The maximum atomic E-state index is 11.0. The smallest absolute Gasteiger partial charge is 0.269 e. The van der Waals surface area contributed by atoms with Crippen LogP contribution < -0.4 is 0 Å². The minimum absolute atomic E-state index is 0. The van der Waals surface area contributed by atoms with Crippen LogP contribution in [0.3, 0.4) is 0 Å². The Kier molecular flexibility index (Phi) is 4.89. The molecule has 0 amide bonds. The van der Waals surface area contributed by atoms with Gasteiger partial charge in [-0.25, -0.2) is 5.06 Å². The van der Waals surface area contributed by atoms with Crippen LogP contribution in [0, 0.1) is 10.1 Å². The number of nitrogens with zero attached hydrogens (tertiary/aromatic N) is 3. The Morgan fingerprint density at radius 2 is 1.78 bits per heavy atom. The average Bonchev–Trinajstić information content (AvgIpc) is 2.90. The van der Waals surface area contributed by atoms with E-state index >= 15 is 0 Å². The number of hydroxylamine groups is 2. The van der Waals surface area contributed by atoms with Gasteiger partial charge in [0.15, 0.2) is 5.84 Å². The maximum Gasteiger partial charge on any atom is 0.269 e. The number of benzene rings is 3. The number of hydrogen-bond donors (Lipinski definition) is 1. The topological polar surface area (TPSA) is 79.0 Å². The molecule has 4 rings (SSSR count). The molecule has 133 valence electrons. The molecule has 0 aliphatic carbocycles. The summed E-state index contributed by atoms with van der Waals surface area (Å²) in [6.07, 6.45) is 0. The summed E-state index contributed by atoms with van der Waals surface area (Å²) in [4.78, 5) is 14.8. The second kappa shape index (κ2) is 7.00. The molecule has 7 heteroatoms. The Balaban J connectivity index is 0.00000210. The molecule has 0 spiro atoms. The molecule has 1 N–H and O–H groups in total. The molecule has 3 aromatic rings. The third-order valence-corrected chi connectivity index (χ3v) is 4.62. The van der Waals surface area contributed by atoms with E-state index in [-0.39, 0.29) is 24.2 Å². The van der Waals surface area contributed by atoms with Crippen molar-refractivity contribution in [2.45, 2.75) is 0 Å². The number of nitro benzene ring substituents is 1. The molecule has 0 bridgehead atoms. The summed E-state index contributed by atoms with van der Waals surface area (Å²) in [6, 6.07) is 16.2. The average molecular weight is 396 g/mol. The van der Waals surface area contributed by atoms with Gasteiger partial charge >= 0.3 is 0 Å². The Bertz CT molecular complexity index is 1110. The first kappa shape index (κ1) is 18.9. The van der Waals surface area contributed by atoms with Crippen molar-refractivity contribution >= 4 is 28.0 Å². The SMILES string of the molecule is C=C1c2cc3ccccc3c(-c3ccc([N+](=O)[O-])cc3)c2C(=NC)N1O.[V]. The van der Waals surface area contributed by atoms with Crippen LogP contribution in [-0.4, -0.2) is 28.1 Å². The Hall–Kier alpha value is -2.93. The van der Waals surface area contributed by atoms with Crippen molar-refractivity contribution in [2.75, 3.05) is 7.05 Å². The summed E-state index contributed by atoms with van der Waals surface area (Å²) in [6.45, 7) is 3.96. The predicted octanol–water partition coefficient (Wildman–Crippen LogP) is 4.46. The standard InChI is InChI=1S/C20H15N3O3.V/c1-12-17-11-14-5-3-4-6-16(14)18(19(17)20(21-2)22(12)24)13-7-9-15(10-8-13)23(25)26;/h3-11,24H,1H2,2H3;.